The van der Waals surface area contributed by atoms with Gasteiger partial charge in [0, 0.05) is 12.1 Å². The van der Waals surface area contributed by atoms with Gasteiger partial charge in [-0.25, -0.2) is 0 Å². The van der Waals surface area contributed by atoms with Crippen molar-refractivity contribution in [2.24, 2.45) is 0 Å². The van der Waals surface area contributed by atoms with Crippen LogP contribution in [-0.2, 0) is 0 Å². The lowest BCUT2D eigenvalue weighted by atomic mass is 10.1. The second kappa shape index (κ2) is 6.55. The number of nitrogens with one attached hydrogen (secondary N) is 2. The van der Waals surface area contributed by atoms with Crippen molar-refractivity contribution in [1.82, 2.24) is 15.5 Å². The molecule has 1 amide bonds. The van der Waals surface area contributed by atoms with Crippen molar-refractivity contribution in [2.45, 2.75) is 6.10 Å². The van der Waals surface area contributed by atoms with E-state index in [2.05, 4.69) is 15.5 Å². The largest absolute Gasteiger partial charge is 0.387 e. The predicted octanol–water partition coefficient (Wildman–Crippen LogP) is 2.60. The van der Waals surface area contributed by atoms with Crippen molar-refractivity contribution >= 4 is 17.2 Å². The fraction of sp³-hybridized carbons (Fsp3) is 0.125. The molecule has 22 heavy (non-hydrogen) atoms. The minimum atomic E-state index is -0.706. The Balaban J connectivity index is 1.70. The van der Waals surface area contributed by atoms with Gasteiger partial charge in [0.15, 0.2) is 0 Å². The summed E-state index contributed by atoms with van der Waals surface area (Å²) >= 11 is 1.51. The van der Waals surface area contributed by atoms with E-state index >= 15 is 0 Å². The summed E-state index contributed by atoms with van der Waals surface area (Å²) in [6.07, 6.45) is 0.788. The molecule has 1 unspecified atom stereocenters. The molecule has 5 nitrogen and oxygen atoms in total. The average Bonchev–Trinajstić information content (AvgIpc) is 3.24. The molecule has 0 aliphatic rings. The molecule has 0 aliphatic heterocycles. The first-order valence-corrected chi connectivity index (χ1v) is 7.77. The Kier molecular flexibility index (Phi) is 4.32. The summed E-state index contributed by atoms with van der Waals surface area (Å²) in [5.41, 5.74) is 2.83. The lowest BCUT2D eigenvalue weighted by Crippen LogP contribution is -2.28. The number of hydrogen-bond acceptors (Lipinski definition) is 4. The zero-order valence-corrected chi connectivity index (χ0v) is 12.5. The van der Waals surface area contributed by atoms with E-state index in [1.165, 1.54) is 17.5 Å². The molecule has 1 atom stereocenters. The highest BCUT2D eigenvalue weighted by Crippen LogP contribution is 2.21. The van der Waals surface area contributed by atoms with Crippen LogP contribution in [0.1, 0.15) is 22.0 Å². The van der Waals surface area contributed by atoms with Crippen molar-refractivity contribution in [3.05, 3.63) is 64.5 Å². The van der Waals surface area contributed by atoms with Gasteiger partial charge in [0.2, 0.25) is 0 Å². The first kappa shape index (κ1) is 14.5. The average molecular weight is 313 g/mol. The SMILES string of the molecule is O=C(NCC(O)c1ccsc1)c1cn[nH]c1-c1ccccc1. The molecule has 112 valence electrons. The highest BCUT2D eigenvalue weighted by Gasteiger charge is 2.16. The number of aromatic amines is 1. The van der Waals surface area contributed by atoms with Gasteiger partial charge in [-0.05, 0) is 22.4 Å². The number of rotatable bonds is 5. The normalized spacial score (nSPS) is 12.0. The standard InChI is InChI=1S/C16H15N3O2S/c20-14(12-6-7-22-10-12)9-17-16(21)13-8-18-19-15(13)11-4-2-1-3-5-11/h1-8,10,14,20H,9H2,(H,17,21)(H,18,19). The molecule has 0 radical (unpaired) electrons. The van der Waals surface area contributed by atoms with Gasteiger partial charge in [-0.1, -0.05) is 30.3 Å². The van der Waals surface area contributed by atoms with Crippen molar-refractivity contribution in [2.75, 3.05) is 6.54 Å². The molecule has 0 saturated carbocycles. The van der Waals surface area contributed by atoms with E-state index < -0.39 is 6.10 Å². The number of aromatic nitrogens is 2. The number of aliphatic hydroxyl groups excluding tert-OH is 1. The van der Waals surface area contributed by atoms with Crippen molar-refractivity contribution < 1.29 is 9.90 Å². The second-order valence-corrected chi connectivity index (χ2v) is 5.59. The number of nitrogens with zero attached hydrogens (tertiary/aromatic N) is 1. The first-order chi connectivity index (χ1) is 10.8. The van der Waals surface area contributed by atoms with Crippen molar-refractivity contribution in [3.63, 3.8) is 0 Å². The Labute approximate surface area is 131 Å². The second-order valence-electron chi connectivity index (χ2n) is 4.81. The molecule has 0 aliphatic carbocycles. The van der Waals surface area contributed by atoms with Gasteiger partial charge < -0.3 is 10.4 Å². The topological polar surface area (TPSA) is 78.0 Å². The maximum atomic E-state index is 12.3. The highest BCUT2D eigenvalue weighted by molar-refractivity contribution is 7.07. The molecule has 3 aromatic rings. The van der Waals surface area contributed by atoms with E-state index in [1.807, 2.05) is 47.2 Å². The van der Waals surface area contributed by atoms with Crippen LogP contribution in [0.3, 0.4) is 0 Å². The molecule has 0 spiro atoms. The van der Waals surface area contributed by atoms with Crippen LogP contribution in [0.2, 0.25) is 0 Å². The van der Waals surface area contributed by atoms with Crippen LogP contribution < -0.4 is 5.32 Å². The van der Waals surface area contributed by atoms with E-state index in [0.29, 0.717) is 11.3 Å². The Morgan fingerprint density at radius 1 is 1.32 bits per heavy atom. The third-order valence-corrected chi connectivity index (χ3v) is 4.03. The van der Waals surface area contributed by atoms with Crippen molar-refractivity contribution in [3.8, 4) is 11.3 Å². The number of aliphatic hydroxyl groups is 1. The lowest BCUT2D eigenvalue weighted by Gasteiger charge is -2.10. The maximum Gasteiger partial charge on any atom is 0.255 e. The van der Waals surface area contributed by atoms with Crippen LogP contribution in [0.25, 0.3) is 11.3 Å². The third-order valence-electron chi connectivity index (χ3n) is 3.33. The molecule has 0 bridgehead atoms. The van der Waals surface area contributed by atoms with Crippen LogP contribution in [0, 0.1) is 0 Å². The van der Waals surface area contributed by atoms with E-state index in [1.54, 1.807) is 0 Å². The van der Waals surface area contributed by atoms with Crippen molar-refractivity contribution in [1.29, 1.82) is 0 Å². The molecule has 6 heteroatoms. The number of hydrogen-bond donors (Lipinski definition) is 3. The van der Waals surface area contributed by atoms with E-state index in [4.69, 9.17) is 0 Å². The summed E-state index contributed by atoms with van der Waals surface area (Å²) in [5, 5.41) is 23.3. The summed E-state index contributed by atoms with van der Waals surface area (Å²) in [6.45, 7) is 0.162. The van der Waals surface area contributed by atoms with E-state index in [-0.39, 0.29) is 12.5 Å². The smallest absolute Gasteiger partial charge is 0.255 e. The fourth-order valence-corrected chi connectivity index (χ4v) is 2.86. The predicted molar refractivity (Wildman–Crippen MR) is 85.6 cm³/mol. The van der Waals surface area contributed by atoms with E-state index in [0.717, 1.165) is 11.1 Å². The Bertz CT molecular complexity index is 738. The summed E-state index contributed by atoms with van der Waals surface area (Å²) in [7, 11) is 0. The minimum absolute atomic E-state index is 0.162. The molecule has 3 N–H and O–H groups in total. The summed E-state index contributed by atoms with van der Waals surface area (Å²) in [4.78, 5) is 12.3. The fourth-order valence-electron chi connectivity index (χ4n) is 2.15. The third kappa shape index (κ3) is 3.08. The number of carbonyl (C=O) groups is 1. The number of H-pyrrole nitrogens is 1. The molecular weight excluding hydrogens is 298 g/mol. The maximum absolute atomic E-state index is 12.3. The molecular formula is C16H15N3O2S. The van der Waals surface area contributed by atoms with Gasteiger partial charge in [-0.15, -0.1) is 0 Å². The summed E-state index contributed by atoms with van der Waals surface area (Å²) in [5.74, 6) is -0.262. The Hall–Kier alpha value is -2.44. The molecule has 0 saturated heterocycles. The van der Waals surface area contributed by atoms with Crippen LogP contribution in [0.15, 0.2) is 53.4 Å². The number of amides is 1. The zero-order chi connectivity index (χ0) is 15.4. The van der Waals surface area contributed by atoms with Gasteiger partial charge >= 0.3 is 0 Å². The minimum Gasteiger partial charge on any atom is -0.387 e. The molecule has 2 aromatic heterocycles. The number of carbonyl (C=O) groups excluding carboxylic acids is 1. The van der Waals surface area contributed by atoms with Gasteiger partial charge in [0.1, 0.15) is 0 Å². The number of benzene rings is 1. The molecule has 2 heterocycles. The first-order valence-electron chi connectivity index (χ1n) is 6.83. The number of thiophene rings is 1. The van der Waals surface area contributed by atoms with E-state index in [9.17, 15) is 9.90 Å². The summed E-state index contributed by atoms with van der Waals surface area (Å²) in [6, 6.07) is 11.4. The van der Waals surface area contributed by atoms with Crippen LogP contribution in [0.4, 0.5) is 0 Å². The highest BCUT2D eigenvalue weighted by atomic mass is 32.1. The molecule has 0 fully saturated rings. The molecule has 1 aromatic carbocycles. The Morgan fingerprint density at radius 2 is 2.14 bits per heavy atom. The lowest BCUT2D eigenvalue weighted by molar-refractivity contribution is 0.0917. The van der Waals surface area contributed by atoms with Gasteiger partial charge in [-0.2, -0.15) is 16.4 Å². The monoisotopic (exact) mass is 313 g/mol. The Morgan fingerprint density at radius 3 is 2.86 bits per heavy atom. The van der Waals surface area contributed by atoms with Crippen LogP contribution in [-0.4, -0.2) is 27.8 Å². The van der Waals surface area contributed by atoms with Gasteiger partial charge in [0.05, 0.1) is 23.6 Å². The molecule has 3 rings (SSSR count). The van der Waals surface area contributed by atoms with Crippen LogP contribution >= 0.6 is 11.3 Å². The van der Waals surface area contributed by atoms with Crippen LogP contribution in [0.5, 0.6) is 0 Å². The summed E-state index contributed by atoms with van der Waals surface area (Å²) < 4.78 is 0. The van der Waals surface area contributed by atoms with Gasteiger partial charge in [-0.3, -0.25) is 9.89 Å². The van der Waals surface area contributed by atoms with Gasteiger partial charge in [0.25, 0.3) is 5.91 Å². The zero-order valence-electron chi connectivity index (χ0n) is 11.7. The quantitative estimate of drug-likeness (QED) is 0.677.